The number of esters is 1. The van der Waals surface area contributed by atoms with Gasteiger partial charge in [0.2, 0.25) is 0 Å². The summed E-state index contributed by atoms with van der Waals surface area (Å²) in [7, 11) is 0. The van der Waals surface area contributed by atoms with Crippen LogP contribution in [0.25, 0.3) is 0 Å². The maximum Gasteiger partial charge on any atom is 0.308 e. The molecule has 19 heavy (non-hydrogen) atoms. The van der Waals surface area contributed by atoms with Gasteiger partial charge in [-0.3, -0.25) is 4.79 Å². The monoisotopic (exact) mass is 265 g/mol. The highest BCUT2D eigenvalue weighted by molar-refractivity contribution is 5.69. The number of hydrogen-bond donors (Lipinski definition) is 2. The van der Waals surface area contributed by atoms with Gasteiger partial charge in [-0.1, -0.05) is 25.5 Å². The van der Waals surface area contributed by atoms with E-state index in [2.05, 4.69) is 19.2 Å². The Morgan fingerprint density at radius 3 is 2.84 bits per heavy atom. The lowest BCUT2D eigenvalue weighted by Crippen LogP contribution is -2.30. The summed E-state index contributed by atoms with van der Waals surface area (Å²) in [4.78, 5) is 10.9. The van der Waals surface area contributed by atoms with E-state index >= 15 is 0 Å². The number of benzene rings is 1. The summed E-state index contributed by atoms with van der Waals surface area (Å²) >= 11 is 0. The van der Waals surface area contributed by atoms with E-state index < -0.39 is 6.10 Å². The molecule has 1 aromatic rings. The Morgan fingerprint density at radius 2 is 2.21 bits per heavy atom. The quantitative estimate of drug-likeness (QED) is 0.587. The van der Waals surface area contributed by atoms with E-state index in [1.54, 1.807) is 18.2 Å². The molecular weight excluding hydrogens is 242 g/mol. The summed E-state index contributed by atoms with van der Waals surface area (Å²) in [5.41, 5.74) is 0.745. The van der Waals surface area contributed by atoms with Gasteiger partial charge in [-0.15, -0.1) is 0 Å². The van der Waals surface area contributed by atoms with Gasteiger partial charge in [0.05, 0.1) is 6.10 Å². The molecule has 0 aromatic heterocycles. The first-order chi connectivity index (χ1) is 9.02. The van der Waals surface area contributed by atoms with Gasteiger partial charge in [-0.2, -0.15) is 0 Å². The smallest absolute Gasteiger partial charge is 0.308 e. The summed E-state index contributed by atoms with van der Waals surface area (Å²) in [5, 5.41) is 13.4. The molecule has 0 saturated carbocycles. The molecule has 4 heteroatoms. The molecule has 106 valence electrons. The highest BCUT2D eigenvalue weighted by Gasteiger charge is 2.10. The third-order valence-electron chi connectivity index (χ3n) is 2.89. The van der Waals surface area contributed by atoms with Crippen molar-refractivity contribution in [2.45, 2.75) is 45.8 Å². The fourth-order valence-corrected chi connectivity index (χ4v) is 1.92. The summed E-state index contributed by atoms with van der Waals surface area (Å²) < 4.78 is 5.00. The molecule has 1 aromatic carbocycles. The van der Waals surface area contributed by atoms with Crippen molar-refractivity contribution >= 4 is 5.97 Å². The van der Waals surface area contributed by atoms with Crippen molar-refractivity contribution < 1.29 is 14.6 Å². The number of hydrogen-bond acceptors (Lipinski definition) is 4. The van der Waals surface area contributed by atoms with Crippen LogP contribution < -0.4 is 10.1 Å². The van der Waals surface area contributed by atoms with Crippen LogP contribution in [0.5, 0.6) is 5.75 Å². The number of carbonyl (C=O) groups is 1. The summed E-state index contributed by atoms with van der Waals surface area (Å²) in [6.45, 7) is 6.09. The van der Waals surface area contributed by atoms with E-state index in [1.165, 1.54) is 6.92 Å². The predicted molar refractivity (Wildman–Crippen MR) is 75.1 cm³/mol. The van der Waals surface area contributed by atoms with Crippen molar-refractivity contribution in [3.8, 4) is 5.75 Å². The molecule has 0 saturated heterocycles. The molecule has 0 radical (unpaired) electrons. The van der Waals surface area contributed by atoms with Gasteiger partial charge >= 0.3 is 5.97 Å². The lowest BCUT2D eigenvalue weighted by Gasteiger charge is -2.17. The van der Waals surface area contributed by atoms with Crippen LogP contribution in [0.3, 0.4) is 0 Å². The Bertz CT molecular complexity index is 406. The maximum absolute atomic E-state index is 10.9. The van der Waals surface area contributed by atoms with Crippen molar-refractivity contribution in [3.05, 3.63) is 29.8 Å². The number of aliphatic hydroxyl groups is 1. The second-order valence-electron chi connectivity index (χ2n) is 4.78. The molecule has 0 fully saturated rings. The molecule has 2 atom stereocenters. The van der Waals surface area contributed by atoms with Gasteiger partial charge in [0.1, 0.15) is 5.75 Å². The largest absolute Gasteiger partial charge is 0.427 e. The van der Waals surface area contributed by atoms with Crippen LogP contribution in [-0.2, 0) is 4.79 Å². The topological polar surface area (TPSA) is 58.6 Å². The average Bonchev–Trinajstić information content (AvgIpc) is 2.36. The molecule has 1 rings (SSSR count). The average molecular weight is 265 g/mol. The molecule has 0 unspecified atom stereocenters. The molecule has 2 N–H and O–H groups in total. The lowest BCUT2D eigenvalue weighted by atomic mass is 10.1. The zero-order chi connectivity index (χ0) is 14.3. The highest BCUT2D eigenvalue weighted by atomic mass is 16.5. The van der Waals surface area contributed by atoms with E-state index in [0.29, 0.717) is 18.3 Å². The molecule has 0 aliphatic heterocycles. The molecule has 0 amide bonds. The van der Waals surface area contributed by atoms with Gasteiger partial charge in [0.15, 0.2) is 0 Å². The maximum atomic E-state index is 10.9. The van der Waals surface area contributed by atoms with Crippen LogP contribution >= 0.6 is 0 Å². The van der Waals surface area contributed by atoms with Crippen LogP contribution in [0.4, 0.5) is 0 Å². The first-order valence-electron chi connectivity index (χ1n) is 6.72. The molecule has 0 aliphatic carbocycles. The third-order valence-corrected chi connectivity index (χ3v) is 2.89. The van der Waals surface area contributed by atoms with Crippen molar-refractivity contribution in [1.82, 2.24) is 5.32 Å². The minimum absolute atomic E-state index is 0.360. The van der Waals surface area contributed by atoms with E-state index in [0.717, 1.165) is 18.4 Å². The van der Waals surface area contributed by atoms with Crippen molar-refractivity contribution in [3.63, 3.8) is 0 Å². The van der Waals surface area contributed by atoms with Crippen LogP contribution in [0, 0.1) is 0 Å². The minimum atomic E-state index is -0.602. The first-order valence-corrected chi connectivity index (χ1v) is 6.72. The predicted octanol–water partition coefficient (Wildman–Crippen LogP) is 2.42. The van der Waals surface area contributed by atoms with Crippen LogP contribution in [0.1, 0.15) is 45.3 Å². The molecule has 0 heterocycles. The zero-order valence-electron chi connectivity index (χ0n) is 11.8. The summed E-state index contributed by atoms with van der Waals surface area (Å²) in [5.74, 6) is 0.104. The van der Waals surface area contributed by atoms with Gasteiger partial charge in [-0.05, 0) is 31.0 Å². The minimum Gasteiger partial charge on any atom is -0.427 e. The Kier molecular flexibility index (Phi) is 6.53. The fourth-order valence-electron chi connectivity index (χ4n) is 1.92. The Morgan fingerprint density at radius 1 is 1.47 bits per heavy atom. The zero-order valence-corrected chi connectivity index (χ0v) is 11.8. The molecule has 0 bridgehead atoms. The van der Waals surface area contributed by atoms with E-state index in [4.69, 9.17) is 4.74 Å². The van der Waals surface area contributed by atoms with Crippen molar-refractivity contribution in [1.29, 1.82) is 0 Å². The summed E-state index contributed by atoms with van der Waals surface area (Å²) in [6, 6.07) is 7.37. The number of rotatable bonds is 7. The molecule has 0 spiro atoms. The van der Waals surface area contributed by atoms with Crippen molar-refractivity contribution in [2.75, 3.05) is 6.54 Å². The van der Waals surface area contributed by atoms with E-state index in [9.17, 15) is 9.90 Å². The number of carbonyl (C=O) groups excluding carboxylic acids is 1. The van der Waals surface area contributed by atoms with Crippen molar-refractivity contribution in [2.24, 2.45) is 0 Å². The SMILES string of the molecule is CCC[C@@H](C)NC[C@H](O)c1cccc(OC(C)=O)c1. The molecular formula is C15H23NO3. The van der Waals surface area contributed by atoms with E-state index in [1.807, 2.05) is 6.07 Å². The Labute approximate surface area is 114 Å². The number of aliphatic hydroxyl groups excluding tert-OH is 1. The first kappa shape index (κ1) is 15.7. The number of ether oxygens (including phenoxy) is 1. The fraction of sp³-hybridized carbons (Fsp3) is 0.533. The van der Waals surface area contributed by atoms with Gasteiger partial charge < -0.3 is 15.2 Å². The Hall–Kier alpha value is -1.39. The second kappa shape index (κ2) is 7.92. The van der Waals surface area contributed by atoms with Crippen LogP contribution in [0.2, 0.25) is 0 Å². The van der Waals surface area contributed by atoms with Crippen LogP contribution in [0.15, 0.2) is 24.3 Å². The molecule has 4 nitrogen and oxygen atoms in total. The van der Waals surface area contributed by atoms with Gasteiger partial charge in [-0.25, -0.2) is 0 Å². The lowest BCUT2D eigenvalue weighted by molar-refractivity contribution is -0.131. The number of nitrogens with one attached hydrogen (secondary N) is 1. The van der Waals surface area contributed by atoms with E-state index in [-0.39, 0.29) is 5.97 Å². The second-order valence-corrected chi connectivity index (χ2v) is 4.78. The third kappa shape index (κ3) is 5.85. The molecule has 0 aliphatic rings. The Balaban J connectivity index is 2.56. The summed E-state index contributed by atoms with van der Waals surface area (Å²) in [6.07, 6.45) is 1.60. The highest BCUT2D eigenvalue weighted by Crippen LogP contribution is 2.19. The normalized spacial score (nSPS) is 13.9. The standard InChI is InChI=1S/C15H23NO3/c1-4-6-11(2)16-10-15(18)13-7-5-8-14(9-13)19-12(3)17/h5,7-9,11,15-16,18H,4,6,10H2,1-3H3/t11-,15+/m1/s1. The van der Waals surface area contributed by atoms with Crippen LogP contribution in [-0.4, -0.2) is 23.7 Å². The van der Waals surface area contributed by atoms with Gasteiger partial charge in [0.25, 0.3) is 0 Å². The van der Waals surface area contributed by atoms with Gasteiger partial charge in [0, 0.05) is 19.5 Å².